The van der Waals surface area contributed by atoms with Gasteiger partial charge in [-0.1, -0.05) is 35.4 Å². The van der Waals surface area contributed by atoms with Crippen molar-refractivity contribution in [3.8, 4) is 0 Å². The number of likely N-dealkylation sites (N-methyl/N-ethyl adjacent to an activating group) is 1. The van der Waals surface area contributed by atoms with E-state index in [1.165, 1.54) is 6.07 Å². The Bertz CT molecular complexity index is 748. The van der Waals surface area contributed by atoms with Crippen LogP contribution in [0.3, 0.4) is 0 Å². The minimum absolute atomic E-state index is 0.0972. The number of amides is 1. The largest absolute Gasteiger partial charge is 0.323 e. The number of rotatable bonds is 5. The van der Waals surface area contributed by atoms with Crippen LogP contribution in [0.4, 0.5) is 10.1 Å². The molecule has 0 bridgehead atoms. The normalized spacial score (nSPS) is 13.4. The van der Waals surface area contributed by atoms with E-state index in [1.807, 2.05) is 46.9 Å². The Morgan fingerprint density at radius 3 is 2.40 bits per heavy atom. The summed E-state index contributed by atoms with van der Waals surface area (Å²) in [5, 5.41) is 3.40. The number of carbonyl (C=O) groups excluding carboxylic acids is 1. The Morgan fingerprint density at radius 2 is 1.84 bits per heavy atom. The molecular formula is C20H25ClFN2O+. The first-order chi connectivity index (χ1) is 11.7. The molecular weight excluding hydrogens is 339 g/mol. The molecule has 2 aromatic rings. The summed E-state index contributed by atoms with van der Waals surface area (Å²) in [7, 11) is 1.86. The van der Waals surface area contributed by atoms with E-state index in [9.17, 15) is 9.18 Å². The quantitative estimate of drug-likeness (QED) is 0.838. The number of quaternary nitrogens is 1. The highest BCUT2D eigenvalue weighted by Crippen LogP contribution is 2.22. The molecule has 2 aromatic carbocycles. The van der Waals surface area contributed by atoms with Gasteiger partial charge in [-0.05, 0) is 51.0 Å². The fourth-order valence-electron chi connectivity index (χ4n) is 2.97. The molecule has 0 radical (unpaired) electrons. The first-order valence-electron chi connectivity index (χ1n) is 8.34. The molecule has 2 N–H and O–H groups in total. The van der Waals surface area contributed by atoms with Crippen LogP contribution in [0.5, 0.6) is 0 Å². The van der Waals surface area contributed by atoms with Crippen molar-refractivity contribution in [3.05, 3.63) is 63.4 Å². The average Bonchev–Trinajstić information content (AvgIpc) is 2.53. The Labute approximate surface area is 153 Å². The lowest BCUT2D eigenvalue weighted by atomic mass is 10.0. The maximum absolute atomic E-state index is 14.0. The van der Waals surface area contributed by atoms with E-state index in [-0.39, 0.29) is 17.8 Å². The minimum Gasteiger partial charge on any atom is -0.323 e. The van der Waals surface area contributed by atoms with E-state index in [2.05, 4.69) is 5.32 Å². The number of anilines is 1. The second-order valence-corrected chi connectivity index (χ2v) is 7.12. The molecule has 0 aliphatic heterocycles. The topological polar surface area (TPSA) is 33.5 Å². The summed E-state index contributed by atoms with van der Waals surface area (Å²) in [5.41, 5.74) is 4.52. The number of nitrogens with one attached hydrogen (secondary N) is 2. The lowest BCUT2D eigenvalue weighted by Gasteiger charge is -2.23. The molecule has 0 aliphatic rings. The van der Waals surface area contributed by atoms with Crippen molar-refractivity contribution in [2.75, 3.05) is 12.4 Å². The number of benzene rings is 2. The van der Waals surface area contributed by atoms with Gasteiger partial charge in [0.2, 0.25) is 0 Å². The molecule has 0 aliphatic carbocycles. The molecule has 3 nitrogen and oxygen atoms in total. The molecule has 0 spiro atoms. The fourth-order valence-corrected chi connectivity index (χ4v) is 3.20. The van der Waals surface area contributed by atoms with Crippen molar-refractivity contribution in [2.45, 2.75) is 40.3 Å². The van der Waals surface area contributed by atoms with Gasteiger partial charge in [0.25, 0.3) is 5.91 Å². The summed E-state index contributed by atoms with van der Waals surface area (Å²) >= 11 is 6.09. The molecule has 25 heavy (non-hydrogen) atoms. The summed E-state index contributed by atoms with van der Waals surface area (Å²) in [5.74, 6) is -0.440. The van der Waals surface area contributed by atoms with Gasteiger partial charge >= 0.3 is 0 Å². The molecule has 2 atom stereocenters. The van der Waals surface area contributed by atoms with Gasteiger partial charge in [0.05, 0.1) is 17.6 Å². The Morgan fingerprint density at radius 1 is 1.24 bits per heavy atom. The van der Waals surface area contributed by atoms with E-state index in [1.54, 1.807) is 12.1 Å². The summed E-state index contributed by atoms with van der Waals surface area (Å²) in [6, 6.07) is 8.37. The Hall–Kier alpha value is -1.91. The number of aryl methyl sites for hydroxylation is 3. The maximum atomic E-state index is 14.0. The van der Waals surface area contributed by atoms with Crippen LogP contribution in [0.1, 0.15) is 29.2 Å². The third-order valence-corrected chi connectivity index (χ3v) is 4.93. The van der Waals surface area contributed by atoms with Crippen LogP contribution in [0, 0.1) is 26.6 Å². The summed E-state index contributed by atoms with van der Waals surface area (Å²) < 4.78 is 14.0. The fraction of sp³-hybridized carbons (Fsp3) is 0.350. The second-order valence-electron chi connectivity index (χ2n) is 6.71. The molecule has 134 valence electrons. The molecule has 0 saturated heterocycles. The van der Waals surface area contributed by atoms with Gasteiger partial charge in [-0.2, -0.15) is 0 Å². The third-order valence-electron chi connectivity index (χ3n) is 4.58. The van der Waals surface area contributed by atoms with Gasteiger partial charge in [0.15, 0.2) is 6.04 Å². The molecule has 1 amide bonds. The number of hydrogen-bond acceptors (Lipinski definition) is 1. The molecule has 2 rings (SSSR count). The highest BCUT2D eigenvalue weighted by Gasteiger charge is 2.24. The van der Waals surface area contributed by atoms with Crippen LogP contribution in [-0.2, 0) is 11.3 Å². The highest BCUT2D eigenvalue weighted by atomic mass is 35.5. The van der Waals surface area contributed by atoms with E-state index < -0.39 is 0 Å². The predicted molar refractivity (Wildman–Crippen MR) is 101 cm³/mol. The summed E-state index contributed by atoms with van der Waals surface area (Å²) in [6.45, 7) is 8.17. The van der Waals surface area contributed by atoms with E-state index >= 15 is 0 Å². The van der Waals surface area contributed by atoms with Crippen LogP contribution in [0.15, 0.2) is 30.3 Å². The summed E-state index contributed by atoms with van der Waals surface area (Å²) in [6.07, 6.45) is 0. The zero-order valence-corrected chi connectivity index (χ0v) is 16.1. The lowest BCUT2D eigenvalue weighted by molar-refractivity contribution is -0.908. The van der Waals surface area contributed by atoms with Crippen LogP contribution in [0.25, 0.3) is 0 Å². The van der Waals surface area contributed by atoms with Gasteiger partial charge in [-0.25, -0.2) is 4.39 Å². The molecule has 0 aromatic heterocycles. The average molecular weight is 364 g/mol. The van der Waals surface area contributed by atoms with E-state index in [4.69, 9.17) is 11.6 Å². The van der Waals surface area contributed by atoms with Crippen LogP contribution < -0.4 is 10.2 Å². The van der Waals surface area contributed by atoms with Crippen LogP contribution >= 0.6 is 11.6 Å². The lowest BCUT2D eigenvalue weighted by Crippen LogP contribution is -3.12. The predicted octanol–water partition coefficient (Wildman–Crippen LogP) is 3.45. The smallest absolute Gasteiger partial charge is 0.282 e. The molecule has 5 heteroatoms. The van der Waals surface area contributed by atoms with Crippen molar-refractivity contribution in [1.82, 2.24) is 0 Å². The van der Waals surface area contributed by atoms with Crippen molar-refractivity contribution in [3.63, 3.8) is 0 Å². The number of carbonyl (C=O) groups is 1. The van der Waals surface area contributed by atoms with Crippen molar-refractivity contribution >= 4 is 23.2 Å². The first kappa shape index (κ1) is 19.4. The SMILES string of the molecule is Cc1cc(C)c(NC(=O)[C@H](C)[NH+](C)Cc2c(F)cccc2Cl)c(C)c1. The Balaban J connectivity index is 2.12. The molecule has 1 unspecified atom stereocenters. The minimum atomic E-state index is -0.351. The molecule has 0 saturated carbocycles. The first-order valence-corrected chi connectivity index (χ1v) is 8.72. The Kier molecular flexibility index (Phi) is 6.20. The van der Waals surface area contributed by atoms with Crippen LogP contribution in [0.2, 0.25) is 5.02 Å². The third kappa shape index (κ3) is 4.59. The van der Waals surface area contributed by atoms with Crippen molar-refractivity contribution in [1.29, 1.82) is 0 Å². The zero-order chi connectivity index (χ0) is 18.7. The molecule has 0 heterocycles. The standard InChI is InChI=1S/C20H24ClFN2O/c1-12-9-13(2)19(14(3)10-12)23-20(25)15(4)24(5)11-16-17(21)7-6-8-18(16)22/h6-10,15H,11H2,1-5H3,(H,23,25)/p+1/t15-/m0/s1. The van der Waals surface area contributed by atoms with Crippen LogP contribution in [-0.4, -0.2) is 19.0 Å². The second kappa shape index (κ2) is 7.98. The highest BCUT2D eigenvalue weighted by molar-refractivity contribution is 6.31. The van der Waals surface area contributed by atoms with E-state index in [0.717, 1.165) is 27.3 Å². The number of hydrogen-bond donors (Lipinski definition) is 2. The van der Waals surface area contributed by atoms with Crippen molar-refractivity contribution < 1.29 is 14.1 Å². The van der Waals surface area contributed by atoms with Gasteiger partial charge in [0.1, 0.15) is 12.4 Å². The van der Waals surface area contributed by atoms with Crippen molar-refractivity contribution in [2.24, 2.45) is 0 Å². The zero-order valence-electron chi connectivity index (χ0n) is 15.3. The van der Waals surface area contributed by atoms with Gasteiger partial charge in [-0.15, -0.1) is 0 Å². The van der Waals surface area contributed by atoms with Gasteiger partial charge < -0.3 is 10.2 Å². The summed E-state index contributed by atoms with van der Waals surface area (Å²) in [4.78, 5) is 13.5. The van der Waals surface area contributed by atoms with Gasteiger partial charge in [-0.3, -0.25) is 4.79 Å². The maximum Gasteiger partial charge on any atom is 0.282 e. The molecule has 0 fully saturated rings. The van der Waals surface area contributed by atoms with E-state index in [0.29, 0.717) is 17.1 Å². The van der Waals surface area contributed by atoms with Gasteiger partial charge in [0, 0.05) is 5.69 Å². The number of halogens is 2. The monoisotopic (exact) mass is 363 g/mol.